The summed E-state index contributed by atoms with van der Waals surface area (Å²) in [6.45, 7) is 0.649. The highest BCUT2D eigenvalue weighted by Crippen LogP contribution is 2.55. The van der Waals surface area contributed by atoms with Crippen LogP contribution in [0.3, 0.4) is 0 Å². The summed E-state index contributed by atoms with van der Waals surface area (Å²) >= 11 is 12.6. The van der Waals surface area contributed by atoms with Gasteiger partial charge in [-0.2, -0.15) is 0 Å². The molecular formula is C17H22Cl2O. The minimum atomic E-state index is 0.247. The van der Waals surface area contributed by atoms with E-state index in [1.807, 2.05) is 18.2 Å². The van der Waals surface area contributed by atoms with E-state index in [1.54, 1.807) is 0 Å². The minimum Gasteiger partial charge on any atom is -0.373 e. The van der Waals surface area contributed by atoms with Gasteiger partial charge in [-0.15, -0.1) is 11.6 Å². The van der Waals surface area contributed by atoms with Gasteiger partial charge >= 0.3 is 0 Å². The molecule has 0 heterocycles. The second-order valence-corrected chi connectivity index (χ2v) is 7.24. The van der Waals surface area contributed by atoms with Gasteiger partial charge in [-0.05, 0) is 37.0 Å². The minimum absolute atomic E-state index is 0.247. The maximum absolute atomic E-state index is 6.56. The lowest BCUT2D eigenvalue weighted by Crippen LogP contribution is -2.55. The summed E-state index contributed by atoms with van der Waals surface area (Å²) < 4.78 is 6.20. The van der Waals surface area contributed by atoms with E-state index in [9.17, 15) is 0 Å². The molecule has 0 saturated heterocycles. The fourth-order valence-electron chi connectivity index (χ4n) is 3.78. The van der Waals surface area contributed by atoms with E-state index in [0.717, 1.165) is 17.0 Å². The van der Waals surface area contributed by atoms with Gasteiger partial charge in [0, 0.05) is 15.8 Å². The van der Waals surface area contributed by atoms with Crippen LogP contribution in [-0.4, -0.2) is 11.5 Å². The van der Waals surface area contributed by atoms with Crippen LogP contribution in [-0.2, 0) is 11.3 Å². The maximum Gasteiger partial charge on any atom is 0.0721 e. The van der Waals surface area contributed by atoms with E-state index in [4.69, 9.17) is 27.9 Å². The molecule has 0 radical (unpaired) electrons. The Hall–Kier alpha value is -0.240. The van der Waals surface area contributed by atoms with Crippen molar-refractivity contribution in [2.75, 3.05) is 0 Å². The van der Waals surface area contributed by atoms with Gasteiger partial charge in [0.1, 0.15) is 0 Å². The van der Waals surface area contributed by atoms with Gasteiger partial charge in [-0.25, -0.2) is 0 Å². The molecule has 2 unspecified atom stereocenters. The lowest BCUT2D eigenvalue weighted by molar-refractivity contribution is -0.122. The first-order chi connectivity index (χ1) is 9.71. The molecule has 2 fully saturated rings. The molecule has 0 aliphatic heterocycles. The van der Waals surface area contributed by atoms with Gasteiger partial charge in [0.2, 0.25) is 0 Å². The Morgan fingerprint density at radius 1 is 1.15 bits per heavy atom. The smallest absolute Gasteiger partial charge is 0.0721 e. The second-order valence-electron chi connectivity index (χ2n) is 6.28. The average Bonchev–Trinajstić information content (AvgIpc) is 2.71. The Kier molecular flexibility index (Phi) is 4.59. The van der Waals surface area contributed by atoms with Crippen LogP contribution in [0.25, 0.3) is 0 Å². The maximum atomic E-state index is 6.56. The highest BCUT2D eigenvalue weighted by atomic mass is 35.5. The molecule has 0 N–H and O–H groups in total. The normalized spacial score (nSPS) is 28.9. The molecule has 1 aromatic carbocycles. The predicted octanol–water partition coefficient (Wildman–Crippen LogP) is 5.58. The first-order valence-corrected chi connectivity index (χ1v) is 8.52. The summed E-state index contributed by atoms with van der Waals surface area (Å²) in [6, 6.07) is 7.93. The van der Waals surface area contributed by atoms with Crippen LogP contribution in [0.2, 0.25) is 5.02 Å². The summed E-state index contributed by atoms with van der Waals surface area (Å²) in [5.74, 6) is 0. The summed E-state index contributed by atoms with van der Waals surface area (Å²) in [7, 11) is 0. The van der Waals surface area contributed by atoms with E-state index in [0.29, 0.717) is 18.1 Å². The number of hydrogen-bond acceptors (Lipinski definition) is 1. The van der Waals surface area contributed by atoms with Crippen molar-refractivity contribution < 1.29 is 4.74 Å². The number of benzene rings is 1. The predicted molar refractivity (Wildman–Crippen MR) is 84.4 cm³/mol. The van der Waals surface area contributed by atoms with Crippen molar-refractivity contribution in [3.63, 3.8) is 0 Å². The molecule has 0 bridgehead atoms. The molecule has 0 amide bonds. The molecule has 1 nitrogen and oxygen atoms in total. The zero-order valence-electron chi connectivity index (χ0n) is 11.8. The summed E-state index contributed by atoms with van der Waals surface area (Å²) in [4.78, 5) is 0. The van der Waals surface area contributed by atoms with Crippen LogP contribution in [0.5, 0.6) is 0 Å². The van der Waals surface area contributed by atoms with Crippen molar-refractivity contribution in [2.24, 2.45) is 5.41 Å². The third kappa shape index (κ3) is 2.86. The molecule has 1 spiro atoms. The molecule has 2 atom stereocenters. The Labute approximate surface area is 131 Å². The van der Waals surface area contributed by atoms with Gasteiger partial charge in [0.25, 0.3) is 0 Å². The van der Waals surface area contributed by atoms with E-state index >= 15 is 0 Å². The Bertz CT molecular complexity index is 452. The number of hydrogen-bond donors (Lipinski definition) is 0. The SMILES string of the molecule is Clc1cccc(COC2CC(Cl)C23CCCCCC3)c1. The monoisotopic (exact) mass is 312 g/mol. The van der Waals surface area contributed by atoms with Crippen molar-refractivity contribution in [3.8, 4) is 0 Å². The Balaban J connectivity index is 1.62. The molecular weight excluding hydrogens is 291 g/mol. The van der Waals surface area contributed by atoms with Gasteiger partial charge in [-0.1, -0.05) is 49.4 Å². The fraction of sp³-hybridized carbons (Fsp3) is 0.647. The Morgan fingerprint density at radius 2 is 1.90 bits per heavy atom. The third-order valence-corrected chi connectivity index (χ3v) is 5.91. The standard InChI is InChI=1S/C17H22Cl2O/c18-14-7-5-6-13(10-14)12-20-16-11-15(19)17(16)8-3-1-2-4-9-17/h5-7,10,15-16H,1-4,8-9,11-12H2. The largest absolute Gasteiger partial charge is 0.373 e. The molecule has 110 valence electrons. The lowest BCUT2D eigenvalue weighted by Gasteiger charge is -2.53. The van der Waals surface area contributed by atoms with Crippen LogP contribution >= 0.6 is 23.2 Å². The second kappa shape index (κ2) is 6.25. The topological polar surface area (TPSA) is 9.23 Å². The summed E-state index contributed by atoms with van der Waals surface area (Å²) in [5.41, 5.74) is 1.40. The van der Waals surface area contributed by atoms with Crippen molar-refractivity contribution in [3.05, 3.63) is 34.9 Å². The van der Waals surface area contributed by atoms with Gasteiger partial charge in [-0.3, -0.25) is 0 Å². The van der Waals surface area contributed by atoms with Crippen LogP contribution < -0.4 is 0 Å². The van der Waals surface area contributed by atoms with Gasteiger partial charge < -0.3 is 4.74 Å². The lowest BCUT2D eigenvalue weighted by atomic mass is 9.61. The molecule has 2 aliphatic carbocycles. The highest BCUT2D eigenvalue weighted by molar-refractivity contribution is 6.30. The number of alkyl halides is 1. The zero-order valence-corrected chi connectivity index (χ0v) is 13.3. The van der Waals surface area contributed by atoms with E-state index < -0.39 is 0 Å². The van der Waals surface area contributed by atoms with Crippen molar-refractivity contribution >= 4 is 23.2 Å². The van der Waals surface area contributed by atoms with Crippen LogP contribution in [0.1, 0.15) is 50.5 Å². The zero-order chi connectivity index (χ0) is 14.0. The molecule has 1 aromatic rings. The number of ether oxygens (including phenoxy) is 1. The fourth-order valence-corrected chi connectivity index (χ4v) is 4.51. The third-order valence-electron chi connectivity index (χ3n) is 5.06. The summed E-state index contributed by atoms with van der Waals surface area (Å²) in [6.07, 6.45) is 9.13. The van der Waals surface area contributed by atoms with Gasteiger partial charge in [0.05, 0.1) is 12.7 Å². The Morgan fingerprint density at radius 3 is 2.55 bits per heavy atom. The van der Waals surface area contributed by atoms with Crippen molar-refractivity contribution in [1.82, 2.24) is 0 Å². The van der Waals surface area contributed by atoms with Crippen LogP contribution in [0.4, 0.5) is 0 Å². The molecule has 2 aliphatic rings. The van der Waals surface area contributed by atoms with E-state index in [1.165, 1.54) is 38.5 Å². The summed E-state index contributed by atoms with van der Waals surface area (Å²) in [5, 5.41) is 1.09. The van der Waals surface area contributed by atoms with E-state index in [-0.39, 0.29) is 5.41 Å². The van der Waals surface area contributed by atoms with Gasteiger partial charge in [0.15, 0.2) is 0 Å². The molecule has 3 heteroatoms. The molecule has 0 aromatic heterocycles. The highest BCUT2D eigenvalue weighted by Gasteiger charge is 2.54. The van der Waals surface area contributed by atoms with Crippen molar-refractivity contribution in [2.45, 2.75) is 63.0 Å². The van der Waals surface area contributed by atoms with Crippen LogP contribution in [0, 0.1) is 5.41 Å². The molecule has 3 rings (SSSR count). The number of rotatable bonds is 3. The number of halogens is 2. The first-order valence-electron chi connectivity index (χ1n) is 7.71. The average molecular weight is 313 g/mol. The van der Waals surface area contributed by atoms with Crippen molar-refractivity contribution in [1.29, 1.82) is 0 Å². The molecule has 20 heavy (non-hydrogen) atoms. The first kappa shape index (κ1) is 14.7. The van der Waals surface area contributed by atoms with E-state index in [2.05, 4.69) is 6.07 Å². The molecule has 2 saturated carbocycles. The van der Waals surface area contributed by atoms with Crippen LogP contribution in [0.15, 0.2) is 24.3 Å². The quantitative estimate of drug-likeness (QED) is 0.662.